The lowest BCUT2D eigenvalue weighted by atomic mass is 10.1. The molecule has 0 aliphatic rings. The molecular formula is C21H14ClF4N7O2. The Bertz CT molecular complexity index is 1370. The number of ether oxygens (including phenoxy) is 1. The predicted octanol–water partition coefficient (Wildman–Crippen LogP) is 4.75. The van der Waals surface area contributed by atoms with Crippen molar-refractivity contribution in [1.82, 2.24) is 24.7 Å². The molecule has 1 aromatic carbocycles. The van der Waals surface area contributed by atoms with Gasteiger partial charge in [0.05, 0.1) is 29.8 Å². The van der Waals surface area contributed by atoms with Crippen molar-refractivity contribution in [2.24, 2.45) is 0 Å². The van der Waals surface area contributed by atoms with Gasteiger partial charge < -0.3 is 15.8 Å². The number of halogens is 5. The monoisotopic (exact) mass is 507 g/mol. The van der Waals surface area contributed by atoms with Gasteiger partial charge >= 0.3 is 0 Å². The number of carbonyl (C=O) groups excluding carboxylic acids is 1. The first-order valence-electron chi connectivity index (χ1n) is 9.70. The molecule has 1 amide bonds. The average molecular weight is 508 g/mol. The number of amides is 1. The lowest BCUT2D eigenvalue weighted by Gasteiger charge is -2.13. The van der Waals surface area contributed by atoms with Crippen molar-refractivity contribution in [2.45, 2.75) is 12.6 Å². The smallest absolute Gasteiger partial charge is 0.275 e. The molecule has 4 aromatic rings. The molecule has 0 saturated heterocycles. The lowest BCUT2D eigenvalue weighted by Crippen LogP contribution is -2.18. The number of aromatic nitrogens is 5. The van der Waals surface area contributed by atoms with Gasteiger partial charge in [0.1, 0.15) is 22.9 Å². The van der Waals surface area contributed by atoms with Crippen molar-refractivity contribution in [2.75, 3.05) is 11.1 Å². The molecule has 0 bridgehead atoms. The Hall–Kier alpha value is -4.26. The Morgan fingerprint density at radius 2 is 1.86 bits per heavy atom. The Morgan fingerprint density at radius 1 is 1.11 bits per heavy atom. The first kappa shape index (κ1) is 23.9. The molecule has 4 rings (SSSR count). The number of nitrogens with zero attached hydrogens (tertiary/aromatic N) is 5. The summed E-state index contributed by atoms with van der Waals surface area (Å²) < 4.78 is 61.7. The minimum Gasteiger partial charge on any atom is -0.453 e. The summed E-state index contributed by atoms with van der Waals surface area (Å²) >= 11 is 5.98. The van der Waals surface area contributed by atoms with Crippen LogP contribution in [0, 0.1) is 5.82 Å². The van der Waals surface area contributed by atoms with Gasteiger partial charge in [0.15, 0.2) is 17.3 Å². The highest BCUT2D eigenvalue weighted by Gasteiger charge is 2.32. The largest absolute Gasteiger partial charge is 0.453 e. The zero-order valence-corrected chi connectivity index (χ0v) is 18.1. The van der Waals surface area contributed by atoms with Crippen LogP contribution in [0.5, 0.6) is 11.5 Å². The maximum absolute atomic E-state index is 14.6. The van der Waals surface area contributed by atoms with Crippen LogP contribution in [0.2, 0.25) is 5.02 Å². The molecule has 0 spiro atoms. The summed E-state index contributed by atoms with van der Waals surface area (Å²) in [6.45, 7) is 0. The maximum Gasteiger partial charge on any atom is 0.275 e. The molecule has 9 nitrogen and oxygen atoms in total. The summed E-state index contributed by atoms with van der Waals surface area (Å²) in [6, 6.07) is 4.77. The first-order valence-corrected chi connectivity index (χ1v) is 10.1. The molecule has 14 heteroatoms. The number of nitrogens with one attached hydrogen (secondary N) is 1. The molecule has 180 valence electrons. The van der Waals surface area contributed by atoms with Gasteiger partial charge in [0.25, 0.3) is 12.3 Å². The van der Waals surface area contributed by atoms with Crippen LogP contribution in [0.1, 0.15) is 22.2 Å². The van der Waals surface area contributed by atoms with Crippen molar-refractivity contribution in [3.8, 4) is 17.2 Å². The van der Waals surface area contributed by atoms with Crippen LogP contribution in [-0.2, 0) is 0 Å². The molecule has 0 fully saturated rings. The standard InChI is InChI=1S/C21H14ClF4N7O2/c22-16-15(3-4-30-20(16)27)35-14-2-1-10(5-13(14)23)32-21(34)12-8-31-33(11-6-28-9-29-7-11)18(12)17(24)19(25)26/h1-9,17,19H,(H2,27,30)(H,32,34). The summed E-state index contributed by atoms with van der Waals surface area (Å²) in [4.78, 5) is 24.0. The van der Waals surface area contributed by atoms with E-state index in [0.717, 1.165) is 16.9 Å². The van der Waals surface area contributed by atoms with Gasteiger partial charge in [-0.15, -0.1) is 0 Å². The van der Waals surface area contributed by atoms with E-state index in [1.165, 1.54) is 43.1 Å². The van der Waals surface area contributed by atoms with E-state index >= 15 is 0 Å². The Kier molecular flexibility index (Phi) is 6.78. The third-order valence-electron chi connectivity index (χ3n) is 4.62. The fourth-order valence-corrected chi connectivity index (χ4v) is 3.17. The van der Waals surface area contributed by atoms with E-state index in [4.69, 9.17) is 22.1 Å². The van der Waals surface area contributed by atoms with E-state index in [1.54, 1.807) is 0 Å². The van der Waals surface area contributed by atoms with Crippen molar-refractivity contribution in [3.63, 3.8) is 0 Å². The van der Waals surface area contributed by atoms with Gasteiger partial charge in [0, 0.05) is 24.0 Å². The van der Waals surface area contributed by atoms with E-state index in [9.17, 15) is 22.4 Å². The number of alkyl halides is 3. The van der Waals surface area contributed by atoms with Gasteiger partial charge in [-0.3, -0.25) is 4.79 Å². The van der Waals surface area contributed by atoms with Gasteiger partial charge in [-0.25, -0.2) is 37.2 Å². The number of hydrogen-bond donors (Lipinski definition) is 2. The van der Waals surface area contributed by atoms with E-state index < -0.39 is 35.6 Å². The van der Waals surface area contributed by atoms with Crippen LogP contribution < -0.4 is 15.8 Å². The van der Waals surface area contributed by atoms with E-state index in [0.29, 0.717) is 0 Å². The maximum atomic E-state index is 14.6. The van der Waals surface area contributed by atoms with Crippen molar-refractivity contribution >= 4 is 29.0 Å². The molecule has 3 N–H and O–H groups in total. The summed E-state index contributed by atoms with van der Waals surface area (Å²) in [6.07, 6.45) is -0.455. The molecule has 0 saturated carbocycles. The van der Waals surface area contributed by atoms with Crippen LogP contribution >= 0.6 is 11.6 Å². The summed E-state index contributed by atoms with van der Waals surface area (Å²) in [5, 5.41) is 6.13. The van der Waals surface area contributed by atoms with Crippen molar-refractivity contribution in [1.29, 1.82) is 0 Å². The number of hydrogen-bond acceptors (Lipinski definition) is 7. The summed E-state index contributed by atoms with van der Waals surface area (Å²) in [7, 11) is 0. The number of pyridine rings is 1. The van der Waals surface area contributed by atoms with E-state index in [2.05, 4.69) is 25.4 Å². The van der Waals surface area contributed by atoms with E-state index in [-0.39, 0.29) is 33.7 Å². The highest BCUT2D eigenvalue weighted by Crippen LogP contribution is 2.34. The normalized spacial score (nSPS) is 11.9. The fourth-order valence-electron chi connectivity index (χ4n) is 3.02. The van der Waals surface area contributed by atoms with Gasteiger partial charge in [-0.05, 0) is 12.1 Å². The molecule has 0 aliphatic heterocycles. The quantitative estimate of drug-likeness (QED) is 0.346. The fraction of sp³-hybridized carbons (Fsp3) is 0.0952. The minimum absolute atomic E-state index is 0.0122. The number of carbonyl (C=O) groups is 1. The second-order valence-electron chi connectivity index (χ2n) is 6.90. The van der Waals surface area contributed by atoms with Crippen LogP contribution in [0.25, 0.3) is 5.69 Å². The number of anilines is 2. The SMILES string of the molecule is Nc1nccc(Oc2ccc(NC(=O)c3cnn(-c4cncnc4)c3C(F)C(F)F)cc2F)c1Cl. The lowest BCUT2D eigenvalue weighted by molar-refractivity contribution is 0.0454. The summed E-state index contributed by atoms with van der Waals surface area (Å²) in [5.74, 6) is -2.08. The molecule has 0 radical (unpaired) electrons. The molecule has 0 aliphatic carbocycles. The van der Waals surface area contributed by atoms with Gasteiger partial charge in [0.2, 0.25) is 6.17 Å². The second kappa shape index (κ2) is 9.93. The van der Waals surface area contributed by atoms with Crippen LogP contribution in [0.3, 0.4) is 0 Å². The first-order chi connectivity index (χ1) is 16.8. The topological polar surface area (TPSA) is 121 Å². The van der Waals surface area contributed by atoms with Crippen molar-refractivity contribution < 1.29 is 27.1 Å². The molecule has 1 atom stereocenters. The number of nitrogen functional groups attached to an aromatic ring is 1. The van der Waals surface area contributed by atoms with Crippen LogP contribution in [0.4, 0.5) is 29.1 Å². The molecule has 3 aromatic heterocycles. The average Bonchev–Trinajstić information content (AvgIpc) is 3.29. The van der Waals surface area contributed by atoms with Crippen LogP contribution in [-0.4, -0.2) is 37.1 Å². The Labute approximate surface area is 199 Å². The zero-order chi connectivity index (χ0) is 25.1. The predicted molar refractivity (Wildman–Crippen MR) is 117 cm³/mol. The minimum atomic E-state index is -3.44. The van der Waals surface area contributed by atoms with Gasteiger partial charge in [-0.2, -0.15) is 5.10 Å². The molecule has 3 heterocycles. The number of benzene rings is 1. The second-order valence-corrected chi connectivity index (χ2v) is 7.28. The highest BCUT2D eigenvalue weighted by molar-refractivity contribution is 6.34. The molecular weight excluding hydrogens is 494 g/mol. The van der Waals surface area contributed by atoms with E-state index in [1.807, 2.05) is 0 Å². The van der Waals surface area contributed by atoms with Crippen LogP contribution in [0.15, 0.2) is 55.4 Å². The number of rotatable bonds is 7. The third kappa shape index (κ3) is 4.99. The summed E-state index contributed by atoms with van der Waals surface area (Å²) in [5.41, 5.74) is 4.39. The Morgan fingerprint density at radius 3 is 2.54 bits per heavy atom. The third-order valence-corrected chi connectivity index (χ3v) is 5.00. The zero-order valence-electron chi connectivity index (χ0n) is 17.4. The molecule has 35 heavy (non-hydrogen) atoms. The molecule has 1 unspecified atom stereocenters. The highest BCUT2D eigenvalue weighted by atomic mass is 35.5. The van der Waals surface area contributed by atoms with Crippen molar-refractivity contribution in [3.05, 3.63) is 77.5 Å². The number of nitrogens with two attached hydrogens (primary N) is 1. The van der Waals surface area contributed by atoms with Gasteiger partial charge in [-0.1, -0.05) is 11.6 Å². The Balaban J connectivity index is 1.60.